The third-order valence-corrected chi connectivity index (χ3v) is 2.89. The normalized spacial score (nSPS) is 15.4. The number of benzene rings is 1. The maximum atomic E-state index is 12.8. The van der Waals surface area contributed by atoms with Crippen LogP contribution in [0.2, 0.25) is 0 Å². The first-order valence-electron chi connectivity index (χ1n) is 5.21. The third kappa shape index (κ3) is 3.12. The highest BCUT2D eigenvalue weighted by molar-refractivity contribution is 5.28. The average Bonchev–Trinajstić information content (AvgIpc) is 2.28. The number of alkyl halides is 3. The topological polar surface area (TPSA) is 21.3 Å². The van der Waals surface area contributed by atoms with Gasteiger partial charge < -0.3 is 10.1 Å². The van der Waals surface area contributed by atoms with E-state index < -0.39 is 11.7 Å². The second-order valence-electron chi connectivity index (χ2n) is 4.10. The van der Waals surface area contributed by atoms with Crippen molar-refractivity contribution in [1.82, 2.24) is 5.32 Å². The van der Waals surface area contributed by atoms with Crippen molar-refractivity contribution in [3.05, 3.63) is 29.8 Å². The van der Waals surface area contributed by atoms with Crippen molar-refractivity contribution in [2.45, 2.75) is 25.1 Å². The van der Waals surface area contributed by atoms with Gasteiger partial charge in [-0.25, -0.2) is 0 Å². The lowest BCUT2D eigenvalue weighted by molar-refractivity contribution is -0.189. The van der Waals surface area contributed by atoms with Crippen LogP contribution in [0.25, 0.3) is 0 Å². The number of hydrogen-bond donors (Lipinski definition) is 1. The first-order chi connectivity index (χ1) is 7.82. The highest BCUT2D eigenvalue weighted by atomic mass is 19.4. The highest BCUT2D eigenvalue weighted by Gasteiger charge is 2.49. The van der Waals surface area contributed by atoms with E-state index in [4.69, 9.17) is 4.74 Å². The van der Waals surface area contributed by atoms with Crippen LogP contribution < -0.4 is 10.1 Å². The Morgan fingerprint density at radius 2 is 1.71 bits per heavy atom. The van der Waals surface area contributed by atoms with Crippen molar-refractivity contribution in [3.8, 4) is 5.75 Å². The molecule has 1 aromatic carbocycles. The van der Waals surface area contributed by atoms with Crippen LogP contribution in [0.4, 0.5) is 13.2 Å². The zero-order valence-electron chi connectivity index (χ0n) is 10.1. The zero-order valence-corrected chi connectivity index (χ0v) is 10.1. The van der Waals surface area contributed by atoms with Crippen molar-refractivity contribution in [2.24, 2.45) is 0 Å². The molecule has 0 radical (unpaired) electrons. The largest absolute Gasteiger partial charge is 0.497 e. The van der Waals surface area contributed by atoms with Gasteiger partial charge in [-0.05, 0) is 38.1 Å². The van der Waals surface area contributed by atoms with Gasteiger partial charge in [0.25, 0.3) is 0 Å². The summed E-state index contributed by atoms with van der Waals surface area (Å²) in [6.07, 6.45) is -4.40. The highest BCUT2D eigenvalue weighted by Crippen LogP contribution is 2.32. The predicted molar refractivity (Wildman–Crippen MR) is 60.2 cm³/mol. The van der Waals surface area contributed by atoms with E-state index in [-0.39, 0.29) is 6.42 Å². The lowest BCUT2D eigenvalue weighted by Gasteiger charge is -2.31. The second kappa shape index (κ2) is 4.96. The van der Waals surface area contributed by atoms with E-state index in [9.17, 15) is 13.2 Å². The van der Waals surface area contributed by atoms with Gasteiger partial charge in [0.2, 0.25) is 0 Å². The first kappa shape index (κ1) is 13.8. The van der Waals surface area contributed by atoms with Crippen LogP contribution >= 0.6 is 0 Å². The number of halogens is 3. The van der Waals surface area contributed by atoms with Crippen LogP contribution in [0, 0.1) is 0 Å². The van der Waals surface area contributed by atoms with E-state index in [1.54, 1.807) is 24.3 Å². The number of likely N-dealkylation sites (N-methyl/N-ethyl adjacent to an activating group) is 1. The Morgan fingerprint density at radius 3 is 2.06 bits per heavy atom. The van der Waals surface area contributed by atoms with E-state index in [0.717, 1.165) is 6.92 Å². The molecule has 5 heteroatoms. The molecule has 1 N–H and O–H groups in total. The van der Waals surface area contributed by atoms with Gasteiger partial charge in [0.05, 0.1) is 7.11 Å². The Bertz CT molecular complexity index is 361. The third-order valence-electron chi connectivity index (χ3n) is 2.89. The minimum absolute atomic E-state index is 0.114. The molecule has 0 aromatic heterocycles. The Kier molecular flexibility index (Phi) is 4.03. The second-order valence-corrected chi connectivity index (χ2v) is 4.10. The lowest BCUT2D eigenvalue weighted by Crippen LogP contribution is -2.54. The number of methoxy groups -OCH3 is 1. The lowest BCUT2D eigenvalue weighted by atomic mass is 9.92. The Morgan fingerprint density at radius 1 is 1.18 bits per heavy atom. The first-order valence-corrected chi connectivity index (χ1v) is 5.21. The molecule has 1 atom stereocenters. The number of ether oxygens (including phenoxy) is 1. The number of hydrogen-bond acceptors (Lipinski definition) is 2. The summed E-state index contributed by atoms with van der Waals surface area (Å²) in [7, 11) is 2.83. The Balaban J connectivity index is 2.87. The van der Waals surface area contributed by atoms with E-state index in [0.29, 0.717) is 11.3 Å². The fourth-order valence-corrected chi connectivity index (χ4v) is 1.48. The van der Waals surface area contributed by atoms with Gasteiger partial charge >= 0.3 is 6.18 Å². The summed E-state index contributed by atoms with van der Waals surface area (Å²) >= 11 is 0. The molecule has 0 saturated carbocycles. The molecule has 1 unspecified atom stereocenters. The Labute approximate surface area is 98.8 Å². The molecule has 0 heterocycles. The summed E-state index contributed by atoms with van der Waals surface area (Å²) in [6.45, 7) is 1.15. The van der Waals surface area contributed by atoms with Gasteiger partial charge in [-0.3, -0.25) is 0 Å². The van der Waals surface area contributed by atoms with Crippen molar-refractivity contribution in [1.29, 1.82) is 0 Å². The van der Waals surface area contributed by atoms with Gasteiger partial charge in [-0.15, -0.1) is 0 Å². The molecule has 0 amide bonds. The van der Waals surface area contributed by atoms with Gasteiger partial charge in [0.15, 0.2) is 0 Å². The molecular formula is C12H16F3NO. The van der Waals surface area contributed by atoms with E-state index in [1.807, 2.05) is 0 Å². The minimum Gasteiger partial charge on any atom is -0.497 e. The molecule has 2 nitrogen and oxygen atoms in total. The predicted octanol–water partition coefficient (Wildman–Crippen LogP) is 2.78. The van der Waals surface area contributed by atoms with Gasteiger partial charge in [-0.1, -0.05) is 12.1 Å². The molecule has 1 aromatic rings. The van der Waals surface area contributed by atoms with Crippen molar-refractivity contribution in [3.63, 3.8) is 0 Å². The van der Waals surface area contributed by atoms with Gasteiger partial charge in [0, 0.05) is 0 Å². The van der Waals surface area contributed by atoms with E-state index in [2.05, 4.69) is 5.32 Å². The van der Waals surface area contributed by atoms with Crippen molar-refractivity contribution < 1.29 is 17.9 Å². The molecule has 0 spiro atoms. The molecular weight excluding hydrogens is 231 g/mol. The minimum atomic E-state index is -4.29. The quantitative estimate of drug-likeness (QED) is 0.883. The summed E-state index contributed by atoms with van der Waals surface area (Å²) in [4.78, 5) is 0. The fourth-order valence-electron chi connectivity index (χ4n) is 1.48. The summed E-state index contributed by atoms with van der Waals surface area (Å²) in [5.41, 5.74) is -1.30. The molecule has 0 aliphatic carbocycles. The molecule has 0 fully saturated rings. The molecule has 96 valence electrons. The van der Waals surface area contributed by atoms with E-state index >= 15 is 0 Å². The smallest absolute Gasteiger partial charge is 0.406 e. The summed E-state index contributed by atoms with van der Waals surface area (Å²) < 4.78 is 43.5. The van der Waals surface area contributed by atoms with Crippen LogP contribution in [0.1, 0.15) is 12.5 Å². The van der Waals surface area contributed by atoms with Gasteiger partial charge in [0.1, 0.15) is 11.3 Å². The maximum absolute atomic E-state index is 12.8. The van der Waals surface area contributed by atoms with Gasteiger partial charge in [-0.2, -0.15) is 13.2 Å². The Hall–Kier alpha value is -1.23. The van der Waals surface area contributed by atoms with E-state index in [1.165, 1.54) is 14.2 Å². The van der Waals surface area contributed by atoms with Crippen LogP contribution in [0.15, 0.2) is 24.3 Å². The standard InChI is InChI=1S/C12H16F3NO/c1-11(16-2,12(13,14)15)8-9-4-6-10(17-3)7-5-9/h4-7,16H,8H2,1-3H3. The van der Waals surface area contributed by atoms with Crippen LogP contribution in [-0.2, 0) is 6.42 Å². The monoisotopic (exact) mass is 247 g/mol. The SMILES string of the molecule is CNC(C)(Cc1ccc(OC)cc1)C(F)(F)F. The van der Waals surface area contributed by atoms with Crippen LogP contribution in [0.5, 0.6) is 5.75 Å². The van der Waals surface area contributed by atoms with Crippen molar-refractivity contribution in [2.75, 3.05) is 14.2 Å². The summed E-state index contributed by atoms with van der Waals surface area (Å²) in [5.74, 6) is 0.631. The summed E-state index contributed by atoms with van der Waals surface area (Å²) in [6, 6.07) is 6.59. The zero-order chi connectivity index (χ0) is 13.1. The van der Waals surface area contributed by atoms with Crippen LogP contribution in [-0.4, -0.2) is 25.9 Å². The van der Waals surface area contributed by atoms with Crippen LogP contribution in [0.3, 0.4) is 0 Å². The molecule has 0 bridgehead atoms. The number of nitrogens with one attached hydrogen (secondary N) is 1. The molecule has 0 aliphatic heterocycles. The maximum Gasteiger partial charge on any atom is 0.406 e. The molecule has 17 heavy (non-hydrogen) atoms. The molecule has 0 saturated heterocycles. The average molecular weight is 247 g/mol. The summed E-state index contributed by atoms with van der Waals surface area (Å²) in [5, 5.41) is 2.34. The fraction of sp³-hybridized carbons (Fsp3) is 0.500. The molecule has 0 aliphatic rings. The number of rotatable bonds is 4. The molecule has 1 rings (SSSR count). The van der Waals surface area contributed by atoms with Crippen molar-refractivity contribution >= 4 is 0 Å².